The van der Waals surface area contributed by atoms with Crippen LogP contribution in [0.4, 0.5) is 24.7 Å². The van der Waals surface area contributed by atoms with E-state index in [-0.39, 0.29) is 29.6 Å². The molecule has 3 aromatic rings. The Morgan fingerprint density at radius 1 is 1.16 bits per heavy atom. The molecule has 1 amide bonds. The number of benzene rings is 1. The highest BCUT2D eigenvalue weighted by atomic mass is 31.1. The van der Waals surface area contributed by atoms with Gasteiger partial charge in [0.25, 0.3) is 0 Å². The minimum atomic E-state index is -4.50. The van der Waals surface area contributed by atoms with Gasteiger partial charge in [-0.15, -0.1) is 0 Å². The number of nitrogens with zero attached hydrogens (tertiary/aromatic N) is 4. The van der Waals surface area contributed by atoms with Gasteiger partial charge in [0, 0.05) is 30.9 Å². The number of fused-ring (bicyclic) bond motifs is 1. The molecule has 1 aromatic carbocycles. The van der Waals surface area contributed by atoms with Crippen molar-refractivity contribution >= 4 is 41.7 Å². The fourth-order valence-corrected chi connectivity index (χ4v) is 6.98. The van der Waals surface area contributed by atoms with E-state index in [1.54, 1.807) is 19.2 Å². The Balaban J connectivity index is 1.39. The summed E-state index contributed by atoms with van der Waals surface area (Å²) in [7, 11) is 0.820. The summed E-state index contributed by atoms with van der Waals surface area (Å²) in [6.07, 6.45) is 1.07. The maximum atomic E-state index is 13.7. The zero-order chi connectivity index (χ0) is 27.0. The molecule has 0 bridgehead atoms. The molecule has 8 nitrogen and oxygen atoms in total. The lowest BCUT2D eigenvalue weighted by Crippen LogP contribution is -2.41. The first kappa shape index (κ1) is 26.6. The molecule has 1 saturated heterocycles. The lowest BCUT2D eigenvalue weighted by Gasteiger charge is -2.32. The summed E-state index contributed by atoms with van der Waals surface area (Å²) in [4.78, 5) is 33.0. The van der Waals surface area contributed by atoms with Gasteiger partial charge in [-0.25, -0.2) is 9.97 Å². The van der Waals surface area contributed by atoms with Gasteiger partial charge in [-0.05, 0) is 68.3 Å². The van der Waals surface area contributed by atoms with Crippen LogP contribution in [-0.2, 0) is 22.4 Å². The molecule has 12 heteroatoms. The first-order chi connectivity index (χ1) is 18.1. The summed E-state index contributed by atoms with van der Waals surface area (Å²) in [6.45, 7) is 4.87. The van der Waals surface area contributed by atoms with Crippen LogP contribution in [0.1, 0.15) is 35.4 Å². The van der Waals surface area contributed by atoms with Crippen molar-refractivity contribution in [3.63, 3.8) is 0 Å². The van der Waals surface area contributed by atoms with Gasteiger partial charge in [0.05, 0.1) is 35.5 Å². The second-order valence-corrected chi connectivity index (χ2v) is 12.2. The molecule has 2 aromatic heterocycles. The molecule has 1 aliphatic heterocycles. The van der Waals surface area contributed by atoms with Gasteiger partial charge in [-0.1, -0.05) is 7.92 Å². The van der Waals surface area contributed by atoms with Crippen LogP contribution in [0.3, 0.4) is 0 Å². The number of nitrogens with one attached hydrogen (secondary N) is 2. The minimum absolute atomic E-state index is 0.129. The molecule has 38 heavy (non-hydrogen) atoms. The molecule has 0 radical (unpaired) electrons. The molecular weight excluding hydrogens is 516 g/mol. The van der Waals surface area contributed by atoms with Crippen molar-refractivity contribution in [3.05, 3.63) is 46.9 Å². The van der Waals surface area contributed by atoms with Gasteiger partial charge in [0.1, 0.15) is 11.6 Å². The normalized spacial score (nSPS) is 16.6. The molecular formula is C26H30F3N6O2P. The maximum absolute atomic E-state index is 13.7. The predicted octanol–water partition coefficient (Wildman–Crippen LogP) is 4.61. The number of rotatable bonds is 7. The molecule has 2 N–H and O–H groups in total. The quantitative estimate of drug-likeness (QED) is 0.331. The third kappa shape index (κ3) is 5.68. The smallest absolute Gasteiger partial charge is 0.365 e. The van der Waals surface area contributed by atoms with Crippen molar-refractivity contribution in [3.8, 4) is 0 Å². The van der Waals surface area contributed by atoms with E-state index in [9.17, 15) is 18.0 Å². The molecule has 1 aliphatic carbocycles. The Morgan fingerprint density at radius 3 is 2.55 bits per heavy atom. The largest absolute Gasteiger partial charge is 0.416 e. The van der Waals surface area contributed by atoms with Gasteiger partial charge in [-0.2, -0.15) is 13.2 Å². The molecule has 0 atom stereocenters. The summed E-state index contributed by atoms with van der Waals surface area (Å²) < 4.78 is 41.0. The molecule has 2 fully saturated rings. The molecule has 0 unspecified atom stereocenters. The summed E-state index contributed by atoms with van der Waals surface area (Å²) in [5.74, 6) is 1.60. The number of pyridine rings is 1. The number of alkyl halides is 3. The van der Waals surface area contributed by atoms with Gasteiger partial charge >= 0.3 is 6.18 Å². The van der Waals surface area contributed by atoms with Crippen LogP contribution in [0.15, 0.2) is 24.4 Å². The number of halogens is 3. The second kappa shape index (κ2) is 10.6. The Labute approximate surface area is 220 Å². The van der Waals surface area contributed by atoms with E-state index < -0.39 is 19.7 Å². The Bertz CT molecular complexity index is 1360. The number of aromatic nitrogens is 3. The van der Waals surface area contributed by atoms with Crippen molar-refractivity contribution in [1.82, 2.24) is 19.9 Å². The SMILES string of the molecule is CONc1cc(CNc2nc(C)nc3cnc(P4CCN(C(=O)C5CC5)CC4)cc23)c(C)c(C(F)(F)F)c1. The highest BCUT2D eigenvalue weighted by molar-refractivity contribution is 7.65. The lowest BCUT2D eigenvalue weighted by molar-refractivity contribution is -0.138. The van der Waals surface area contributed by atoms with Crippen LogP contribution < -0.4 is 16.2 Å². The number of aryl methyl sites for hydroxylation is 1. The highest BCUT2D eigenvalue weighted by Gasteiger charge is 2.35. The number of carbonyl (C=O) groups excluding carboxylic acids is 1. The zero-order valence-corrected chi connectivity index (χ0v) is 22.4. The van der Waals surface area contributed by atoms with E-state index in [4.69, 9.17) is 9.82 Å². The van der Waals surface area contributed by atoms with Crippen LogP contribution in [0.5, 0.6) is 0 Å². The maximum Gasteiger partial charge on any atom is 0.416 e. The number of anilines is 2. The summed E-state index contributed by atoms with van der Waals surface area (Å²) in [5, 5.41) is 4.02. The number of hydrogen-bond donors (Lipinski definition) is 2. The summed E-state index contributed by atoms with van der Waals surface area (Å²) in [6, 6.07) is 4.67. The van der Waals surface area contributed by atoms with Gasteiger partial charge in [-0.3, -0.25) is 20.1 Å². The second-order valence-electron chi connectivity index (χ2n) is 9.73. The fourth-order valence-electron chi connectivity index (χ4n) is 4.80. The fraction of sp³-hybridized carbons (Fsp3) is 0.462. The van der Waals surface area contributed by atoms with Crippen LogP contribution in [0, 0.1) is 19.8 Å². The molecule has 2 aliphatic rings. The Hall–Kier alpha value is -3.04. The standard InChI is InChI=1S/C26H30F3N6O2P/c1-15-18(10-19(34-37-3)11-21(15)26(27,28)29)13-31-24-20-12-23(30-14-22(20)32-16(2)33-24)38-8-6-35(7-9-38)25(36)17-4-5-17/h10-12,14,17,34H,4-9,13H2,1-3H3,(H,31,32,33). The topological polar surface area (TPSA) is 92.3 Å². The van der Waals surface area contributed by atoms with Gasteiger partial charge < -0.3 is 10.2 Å². The van der Waals surface area contributed by atoms with E-state index in [2.05, 4.69) is 20.8 Å². The number of carbonyl (C=O) groups is 1. The zero-order valence-electron chi connectivity index (χ0n) is 21.5. The molecule has 1 saturated carbocycles. The first-order valence-electron chi connectivity index (χ1n) is 12.6. The predicted molar refractivity (Wildman–Crippen MR) is 142 cm³/mol. The summed E-state index contributed by atoms with van der Waals surface area (Å²) in [5.41, 5.74) is 4.25. The molecule has 202 valence electrons. The van der Waals surface area contributed by atoms with Crippen LogP contribution in [0.2, 0.25) is 0 Å². The van der Waals surface area contributed by atoms with Crippen molar-refractivity contribution in [1.29, 1.82) is 0 Å². The van der Waals surface area contributed by atoms with Crippen molar-refractivity contribution in [2.45, 2.75) is 39.4 Å². The van der Waals surface area contributed by atoms with E-state index in [0.29, 0.717) is 22.7 Å². The summed E-state index contributed by atoms with van der Waals surface area (Å²) >= 11 is 0. The Morgan fingerprint density at radius 2 is 1.89 bits per heavy atom. The minimum Gasteiger partial charge on any atom is -0.365 e. The number of hydrogen-bond acceptors (Lipinski definition) is 7. The lowest BCUT2D eigenvalue weighted by atomic mass is 10.0. The molecule has 5 rings (SSSR count). The van der Waals surface area contributed by atoms with Crippen LogP contribution >= 0.6 is 7.92 Å². The first-order valence-corrected chi connectivity index (χ1v) is 14.3. The van der Waals surface area contributed by atoms with Gasteiger partial charge in [0.15, 0.2) is 0 Å². The van der Waals surface area contributed by atoms with Crippen molar-refractivity contribution < 1.29 is 22.8 Å². The average Bonchev–Trinajstić information content (AvgIpc) is 3.73. The number of amides is 1. The Kier molecular flexibility index (Phi) is 7.42. The molecule has 3 heterocycles. The van der Waals surface area contributed by atoms with Crippen LogP contribution in [-0.4, -0.2) is 58.3 Å². The third-order valence-corrected chi connectivity index (χ3v) is 9.38. The van der Waals surface area contributed by atoms with Crippen molar-refractivity contribution in [2.24, 2.45) is 5.92 Å². The van der Waals surface area contributed by atoms with E-state index in [1.807, 2.05) is 11.0 Å². The average molecular weight is 547 g/mol. The van der Waals surface area contributed by atoms with E-state index in [0.717, 1.165) is 55.1 Å². The highest BCUT2D eigenvalue weighted by Crippen LogP contribution is 2.40. The van der Waals surface area contributed by atoms with Crippen LogP contribution in [0.25, 0.3) is 10.9 Å². The third-order valence-electron chi connectivity index (χ3n) is 7.01. The van der Waals surface area contributed by atoms with Gasteiger partial charge in [0.2, 0.25) is 5.91 Å². The monoisotopic (exact) mass is 546 g/mol. The molecule has 0 spiro atoms. The van der Waals surface area contributed by atoms with E-state index >= 15 is 0 Å². The van der Waals surface area contributed by atoms with E-state index in [1.165, 1.54) is 14.0 Å². The van der Waals surface area contributed by atoms with Crippen molar-refractivity contribution in [2.75, 3.05) is 43.3 Å².